The van der Waals surface area contributed by atoms with Crippen LogP contribution in [0.15, 0.2) is 47.6 Å². The summed E-state index contributed by atoms with van der Waals surface area (Å²) in [6.45, 7) is 0.727. The van der Waals surface area contributed by atoms with Crippen LogP contribution in [0.4, 0.5) is 0 Å². The smallest absolute Gasteiger partial charge is 0.186 e. The van der Waals surface area contributed by atoms with Gasteiger partial charge in [0.2, 0.25) is 0 Å². The van der Waals surface area contributed by atoms with E-state index < -0.39 is 0 Å². The topological polar surface area (TPSA) is 64.1 Å². The molecule has 7 heteroatoms. The van der Waals surface area contributed by atoms with E-state index in [4.69, 9.17) is 26.4 Å². The number of ether oxygens (including phenoxy) is 3. The zero-order valence-corrected chi connectivity index (χ0v) is 15.9. The summed E-state index contributed by atoms with van der Waals surface area (Å²) in [4.78, 5) is 0. The third-order valence-electron chi connectivity index (χ3n) is 3.65. The number of rotatable bonds is 8. The van der Waals surface area contributed by atoms with Gasteiger partial charge in [0.05, 0.1) is 27.5 Å². The quantitative estimate of drug-likeness (QED) is 0.421. The predicted octanol–water partition coefficient (Wildman–Crippen LogP) is 2.75. The summed E-state index contributed by atoms with van der Waals surface area (Å²) in [6, 6.07) is 13.7. The van der Waals surface area contributed by atoms with Crippen LogP contribution in [0, 0.1) is 0 Å². The van der Waals surface area contributed by atoms with Crippen molar-refractivity contribution in [2.75, 3.05) is 27.9 Å². The highest BCUT2D eigenvalue weighted by Crippen LogP contribution is 2.33. The van der Waals surface area contributed by atoms with E-state index in [0.717, 1.165) is 18.5 Å². The maximum atomic E-state index is 5.36. The van der Waals surface area contributed by atoms with Gasteiger partial charge < -0.3 is 19.5 Å². The lowest BCUT2D eigenvalue weighted by molar-refractivity contribution is 0.349. The van der Waals surface area contributed by atoms with Crippen LogP contribution >= 0.6 is 12.2 Å². The van der Waals surface area contributed by atoms with Crippen molar-refractivity contribution in [3.05, 3.63) is 53.6 Å². The SMILES string of the molecule is COc1cc(OC)c(OC)cc1C=NNC(=S)NCCc1ccccc1. The van der Waals surface area contributed by atoms with Gasteiger partial charge in [-0.25, -0.2) is 0 Å². The molecule has 0 unspecified atom stereocenters. The van der Waals surface area contributed by atoms with E-state index in [0.29, 0.717) is 22.4 Å². The highest BCUT2D eigenvalue weighted by molar-refractivity contribution is 7.80. The molecule has 0 spiro atoms. The predicted molar refractivity (Wildman–Crippen MR) is 108 cm³/mol. The highest BCUT2D eigenvalue weighted by Gasteiger charge is 2.10. The van der Waals surface area contributed by atoms with E-state index in [1.165, 1.54) is 5.56 Å². The summed E-state index contributed by atoms with van der Waals surface area (Å²) in [5.41, 5.74) is 4.79. The fourth-order valence-corrected chi connectivity index (χ4v) is 2.47. The summed E-state index contributed by atoms with van der Waals surface area (Å²) in [5.74, 6) is 1.81. The molecule has 0 heterocycles. The summed E-state index contributed by atoms with van der Waals surface area (Å²) < 4.78 is 15.9. The first-order valence-corrected chi connectivity index (χ1v) is 8.49. The highest BCUT2D eigenvalue weighted by atomic mass is 32.1. The van der Waals surface area contributed by atoms with Gasteiger partial charge in [-0.2, -0.15) is 5.10 Å². The van der Waals surface area contributed by atoms with Gasteiger partial charge in [-0.05, 0) is 30.3 Å². The Labute approximate surface area is 159 Å². The molecule has 2 rings (SSSR count). The van der Waals surface area contributed by atoms with Gasteiger partial charge in [-0.3, -0.25) is 5.43 Å². The molecule has 0 bridgehead atoms. The monoisotopic (exact) mass is 373 g/mol. The number of thiocarbonyl (C=S) groups is 1. The summed E-state index contributed by atoms with van der Waals surface area (Å²) in [5, 5.41) is 7.72. The van der Waals surface area contributed by atoms with Gasteiger partial charge in [0.25, 0.3) is 0 Å². The van der Waals surface area contributed by atoms with Gasteiger partial charge in [0.15, 0.2) is 16.6 Å². The van der Waals surface area contributed by atoms with Crippen LogP contribution in [0.5, 0.6) is 17.2 Å². The molecule has 0 saturated heterocycles. The van der Waals surface area contributed by atoms with Gasteiger partial charge >= 0.3 is 0 Å². The fourth-order valence-electron chi connectivity index (χ4n) is 2.32. The number of nitrogens with zero attached hydrogens (tertiary/aromatic N) is 1. The lowest BCUT2D eigenvalue weighted by Crippen LogP contribution is -2.33. The second-order valence-corrected chi connectivity index (χ2v) is 5.72. The van der Waals surface area contributed by atoms with Gasteiger partial charge in [0, 0.05) is 18.2 Å². The van der Waals surface area contributed by atoms with Crippen molar-refractivity contribution in [2.45, 2.75) is 6.42 Å². The minimum absolute atomic E-state index is 0.455. The normalized spacial score (nSPS) is 10.4. The van der Waals surface area contributed by atoms with Crippen LogP contribution in [0.2, 0.25) is 0 Å². The van der Waals surface area contributed by atoms with Gasteiger partial charge in [-0.15, -0.1) is 0 Å². The Morgan fingerprint density at radius 1 is 1.00 bits per heavy atom. The summed E-state index contributed by atoms with van der Waals surface area (Å²) >= 11 is 5.22. The number of methoxy groups -OCH3 is 3. The second kappa shape index (κ2) is 10.2. The maximum Gasteiger partial charge on any atom is 0.186 e. The molecule has 2 aromatic rings. The van der Waals surface area contributed by atoms with Crippen molar-refractivity contribution in [1.82, 2.24) is 10.7 Å². The minimum atomic E-state index is 0.455. The van der Waals surface area contributed by atoms with Crippen LogP contribution in [0.1, 0.15) is 11.1 Å². The molecule has 2 N–H and O–H groups in total. The first-order valence-electron chi connectivity index (χ1n) is 8.08. The number of benzene rings is 2. The van der Waals surface area contributed by atoms with E-state index >= 15 is 0 Å². The standard InChI is InChI=1S/C19H23N3O3S/c1-23-16-12-18(25-3)17(24-2)11-15(16)13-21-22-19(26)20-10-9-14-7-5-4-6-8-14/h4-8,11-13H,9-10H2,1-3H3,(H2,20,22,26). The zero-order chi connectivity index (χ0) is 18.8. The molecular weight excluding hydrogens is 350 g/mol. The average molecular weight is 373 g/mol. The third-order valence-corrected chi connectivity index (χ3v) is 3.88. The molecule has 0 fully saturated rings. The van der Waals surface area contributed by atoms with Crippen molar-refractivity contribution < 1.29 is 14.2 Å². The van der Waals surface area contributed by atoms with Crippen molar-refractivity contribution >= 4 is 23.5 Å². The summed E-state index contributed by atoms with van der Waals surface area (Å²) in [7, 11) is 4.74. The van der Waals surface area contributed by atoms with E-state index in [9.17, 15) is 0 Å². The van der Waals surface area contributed by atoms with Crippen molar-refractivity contribution in [2.24, 2.45) is 5.10 Å². The molecule has 0 radical (unpaired) electrons. The van der Waals surface area contributed by atoms with Crippen LogP contribution in [-0.4, -0.2) is 39.2 Å². The first kappa shape index (κ1) is 19.5. The third kappa shape index (κ3) is 5.63. The second-order valence-electron chi connectivity index (χ2n) is 5.31. The van der Waals surface area contributed by atoms with Crippen LogP contribution in [0.3, 0.4) is 0 Å². The Balaban J connectivity index is 1.89. The van der Waals surface area contributed by atoms with Gasteiger partial charge in [-0.1, -0.05) is 30.3 Å². The number of hydrazone groups is 1. The Kier molecular flexibility index (Phi) is 7.70. The minimum Gasteiger partial charge on any atom is -0.496 e. The summed E-state index contributed by atoms with van der Waals surface area (Å²) in [6.07, 6.45) is 2.50. The van der Waals surface area contributed by atoms with Crippen LogP contribution in [-0.2, 0) is 6.42 Å². The molecule has 138 valence electrons. The van der Waals surface area contributed by atoms with Crippen molar-refractivity contribution in [3.8, 4) is 17.2 Å². The first-order chi connectivity index (χ1) is 12.7. The average Bonchev–Trinajstić information content (AvgIpc) is 2.68. The van der Waals surface area contributed by atoms with E-state index in [2.05, 4.69) is 28.0 Å². The largest absolute Gasteiger partial charge is 0.496 e. The number of hydrogen-bond acceptors (Lipinski definition) is 5. The molecular formula is C19H23N3O3S. The molecule has 6 nitrogen and oxygen atoms in total. The molecule has 0 saturated carbocycles. The Morgan fingerprint density at radius 2 is 1.65 bits per heavy atom. The van der Waals surface area contributed by atoms with Crippen LogP contribution in [0.25, 0.3) is 0 Å². The molecule has 0 amide bonds. The maximum absolute atomic E-state index is 5.36. The Bertz CT molecular complexity index is 751. The lowest BCUT2D eigenvalue weighted by Gasteiger charge is -2.12. The van der Waals surface area contributed by atoms with E-state index in [1.807, 2.05) is 18.2 Å². The molecule has 26 heavy (non-hydrogen) atoms. The molecule has 2 aromatic carbocycles. The lowest BCUT2D eigenvalue weighted by atomic mass is 10.1. The van der Waals surface area contributed by atoms with Crippen LogP contribution < -0.4 is 25.0 Å². The molecule has 0 aliphatic rings. The molecule has 0 atom stereocenters. The van der Waals surface area contributed by atoms with E-state index in [-0.39, 0.29) is 0 Å². The molecule has 0 aliphatic carbocycles. The van der Waals surface area contributed by atoms with E-state index in [1.54, 1.807) is 39.7 Å². The van der Waals surface area contributed by atoms with Crippen molar-refractivity contribution in [1.29, 1.82) is 0 Å². The van der Waals surface area contributed by atoms with Gasteiger partial charge in [0.1, 0.15) is 5.75 Å². The molecule has 0 aromatic heterocycles. The molecule has 0 aliphatic heterocycles. The number of nitrogens with one attached hydrogen (secondary N) is 2. The number of hydrogen-bond donors (Lipinski definition) is 2. The fraction of sp³-hybridized carbons (Fsp3) is 0.263. The van der Waals surface area contributed by atoms with Crippen molar-refractivity contribution in [3.63, 3.8) is 0 Å². The Hall–Kier alpha value is -2.80. The Morgan fingerprint density at radius 3 is 2.31 bits per heavy atom. The zero-order valence-electron chi connectivity index (χ0n) is 15.1.